The summed E-state index contributed by atoms with van der Waals surface area (Å²) in [5.41, 5.74) is 6.20. The van der Waals surface area contributed by atoms with E-state index in [4.69, 9.17) is 22.1 Å². The molecule has 0 fully saturated rings. The largest absolute Gasteiger partial charge is 0.485 e. The maximum absolute atomic E-state index is 13.3. The van der Waals surface area contributed by atoms with Crippen LogP contribution in [-0.4, -0.2) is 5.60 Å². The van der Waals surface area contributed by atoms with Crippen LogP contribution in [0.5, 0.6) is 5.75 Å². The van der Waals surface area contributed by atoms with Crippen LogP contribution in [0, 0.1) is 5.82 Å². The Balaban J connectivity index is 2.58. The van der Waals surface area contributed by atoms with Gasteiger partial charge in [0.2, 0.25) is 0 Å². The second-order valence-electron chi connectivity index (χ2n) is 4.42. The van der Waals surface area contributed by atoms with Crippen molar-refractivity contribution < 1.29 is 9.13 Å². The maximum atomic E-state index is 13.3. The quantitative estimate of drug-likeness (QED) is 0.694. The van der Waals surface area contributed by atoms with Gasteiger partial charge in [-0.2, -0.15) is 0 Å². The SMILES string of the molecule is CC1(C)CCc2c(Cl)cc(F)c(N)c2O1. The van der Waals surface area contributed by atoms with Crippen LogP contribution in [0.3, 0.4) is 0 Å². The Morgan fingerprint density at radius 2 is 2.20 bits per heavy atom. The predicted octanol–water partition coefficient (Wildman–Crippen LogP) is 3.16. The molecular weight excluding hydrogens is 217 g/mol. The standard InChI is InChI=1S/C11H13ClFNO/c1-11(2)4-3-6-7(12)5-8(13)9(14)10(6)15-11/h5H,3-4,14H2,1-2H3. The van der Waals surface area contributed by atoms with Crippen LogP contribution in [0.4, 0.5) is 10.1 Å². The molecule has 1 aliphatic heterocycles. The molecule has 1 aromatic rings. The highest BCUT2D eigenvalue weighted by atomic mass is 35.5. The summed E-state index contributed by atoms with van der Waals surface area (Å²) in [5.74, 6) is -0.104. The molecule has 0 aromatic heterocycles. The number of rotatable bonds is 0. The third-order valence-corrected chi connectivity index (χ3v) is 3.01. The van der Waals surface area contributed by atoms with E-state index in [1.54, 1.807) is 0 Å². The van der Waals surface area contributed by atoms with Crippen molar-refractivity contribution in [3.05, 3.63) is 22.5 Å². The zero-order valence-corrected chi connectivity index (χ0v) is 9.49. The molecule has 0 amide bonds. The molecule has 0 bridgehead atoms. The van der Waals surface area contributed by atoms with Crippen molar-refractivity contribution in [2.75, 3.05) is 5.73 Å². The third-order valence-electron chi connectivity index (χ3n) is 2.67. The normalized spacial score (nSPS) is 18.1. The second-order valence-corrected chi connectivity index (χ2v) is 4.83. The van der Waals surface area contributed by atoms with E-state index >= 15 is 0 Å². The molecule has 2 rings (SSSR count). The minimum absolute atomic E-state index is 0.0576. The molecule has 1 aromatic carbocycles. The summed E-state index contributed by atoms with van der Waals surface area (Å²) >= 11 is 5.94. The predicted molar refractivity (Wildman–Crippen MR) is 58.9 cm³/mol. The van der Waals surface area contributed by atoms with E-state index in [1.165, 1.54) is 6.07 Å². The number of halogens is 2. The lowest BCUT2D eigenvalue weighted by Crippen LogP contribution is -2.33. The Kier molecular flexibility index (Phi) is 2.30. The summed E-state index contributed by atoms with van der Waals surface area (Å²) in [4.78, 5) is 0. The van der Waals surface area contributed by atoms with Gasteiger partial charge in [-0.15, -0.1) is 0 Å². The summed E-state index contributed by atoms with van der Waals surface area (Å²) in [6, 6.07) is 1.25. The van der Waals surface area contributed by atoms with Gasteiger partial charge >= 0.3 is 0 Å². The first-order chi connectivity index (χ1) is 6.91. The molecule has 1 heterocycles. The van der Waals surface area contributed by atoms with E-state index in [0.717, 1.165) is 18.4 Å². The van der Waals surface area contributed by atoms with Gasteiger partial charge in [0.05, 0.1) is 5.02 Å². The van der Waals surface area contributed by atoms with Gasteiger partial charge in [0.25, 0.3) is 0 Å². The molecule has 4 heteroatoms. The van der Waals surface area contributed by atoms with Crippen molar-refractivity contribution in [1.29, 1.82) is 0 Å². The number of nitrogens with two attached hydrogens (primary N) is 1. The van der Waals surface area contributed by atoms with Crippen molar-refractivity contribution in [2.24, 2.45) is 0 Å². The van der Waals surface area contributed by atoms with Gasteiger partial charge in [0, 0.05) is 5.56 Å². The van der Waals surface area contributed by atoms with Crippen LogP contribution >= 0.6 is 11.6 Å². The monoisotopic (exact) mass is 229 g/mol. The molecule has 82 valence electrons. The Bertz CT molecular complexity index is 418. The van der Waals surface area contributed by atoms with Crippen LogP contribution < -0.4 is 10.5 Å². The summed E-state index contributed by atoms with van der Waals surface area (Å²) < 4.78 is 19.0. The van der Waals surface area contributed by atoms with Crippen LogP contribution in [0.25, 0.3) is 0 Å². The number of fused-ring (bicyclic) bond motifs is 1. The molecule has 15 heavy (non-hydrogen) atoms. The van der Waals surface area contributed by atoms with E-state index in [1.807, 2.05) is 13.8 Å². The number of benzene rings is 1. The molecule has 2 N–H and O–H groups in total. The highest BCUT2D eigenvalue weighted by Gasteiger charge is 2.30. The lowest BCUT2D eigenvalue weighted by atomic mass is 9.94. The minimum Gasteiger partial charge on any atom is -0.485 e. The van der Waals surface area contributed by atoms with Gasteiger partial charge in [-0.3, -0.25) is 0 Å². The third kappa shape index (κ3) is 1.76. The topological polar surface area (TPSA) is 35.2 Å². The zero-order valence-electron chi connectivity index (χ0n) is 8.73. The summed E-state index contributed by atoms with van der Waals surface area (Å²) in [6.07, 6.45) is 1.62. The van der Waals surface area contributed by atoms with Crippen LogP contribution in [-0.2, 0) is 6.42 Å². The van der Waals surface area contributed by atoms with Gasteiger partial charge in [-0.1, -0.05) is 11.6 Å². The van der Waals surface area contributed by atoms with E-state index < -0.39 is 5.82 Å². The average molecular weight is 230 g/mol. The Hall–Kier alpha value is -0.960. The molecule has 0 saturated heterocycles. The molecular formula is C11H13ClFNO. The second kappa shape index (κ2) is 3.27. The first-order valence-electron chi connectivity index (χ1n) is 4.86. The molecule has 1 aliphatic rings. The van der Waals surface area contributed by atoms with Crippen LogP contribution in [0.2, 0.25) is 5.02 Å². The van der Waals surface area contributed by atoms with E-state index in [2.05, 4.69) is 0 Å². The van der Waals surface area contributed by atoms with Gasteiger partial charge in [-0.25, -0.2) is 4.39 Å². The number of hydrogen-bond acceptors (Lipinski definition) is 2. The van der Waals surface area contributed by atoms with Gasteiger partial charge in [0.1, 0.15) is 11.3 Å². The van der Waals surface area contributed by atoms with E-state index in [0.29, 0.717) is 10.8 Å². The van der Waals surface area contributed by atoms with Crippen molar-refractivity contribution in [1.82, 2.24) is 0 Å². The number of hydrogen-bond donors (Lipinski definition) is 1. The minimum atomic E-state index is -0.517. The van der Waals surface area contributed by atoms with E-state index in [9.17, 15) is 4.39 Å². The molecule has 0 unspecified atom stereocenters. The van der Waals surface area contributed by atoms with Gasteiger partial charge in [-0.05, 0) is 32.8 Å². The van der Waals surface area contributed by atoms with Gasteiger partial charge < -0.3 is 10.5 Å². The summed E-state index contributed by atoms with van der Waals surface area (Å²) in [5, 5.41) is 0.396. The molecule has 0 atom stereocenters. The Morgan fingerprint density at radius 3 is 2.87 bits per heavy atom. The first-order valence-corrected chi connectivity index (χ1v) is 5.24. The Morgan fingerprint density at radius 1 is 1.53 bits per heavy atom. The van der Waals surface area contributed by atoms with E-state index in [-0.39, 0.29) is 11.3 Å². The smallest absolute Gasteiger partial charge is 0.151 e. The summed E-state index contributed by atoms with van der Waals surface area (Å²) in [6.45, 7) is 3.91. The molecule has 2 nitrogen and oxygen atoms in total. The van der Waals surface area contributed by atoms with Gasteiger partial charge in [0.15, 0.2) is 11.6 Å². The first kappa shape index (κ1) is 10.6. The Labute approximate surface area is 93.2 Å². The fourth-order valence-corrected chi connectivity index (χ4v) is 2.03. The number of ether oxygens (including phenoxy) is 1. The lowest BCUT2D eigenvalue weighted by molar-refractivity contribution is 0.0854. The highest BCUT2D eigenvalue weighted by molar-refractivity contribution is 6.31. The van der Waals surface area contributed by atoms with Crippen molar-refractivity contribution in [3.63, 3.8) is 0 Å². The molecule has 0 spiro atoms. The molecule has 0 saturated carbocycles. The van der Waals surface area contributed by atoms with Crippen LogP contribution in [0.15, 0.2) is 6.07 Å². The summed E-state index contributed by atoms with van der Waals surface area (Å²) in [7, 11) is 0. The maximum Gasteiger partial charge on any atom is 0.151 e. The average Bonchev–Trinajstić information content (AvgIpc) is 2.13. The molecule has 0 radical (unpaired) electrons. The molecule has 0 aliphatic carbocycles. The number of anilines is 1. The van der Waals surface area contributed by atoms with Crippen LogP contribution in [0.1, 0.15) is 25.8 Å². The highest BCUT2D eigenvalue weighted by Crippen LogP contribution is 2.42. The number of nitrogen functional groups attached to an aromatic ring is 1. The van der Waals surface area contributed by atoms with Crippen molar-refractivity contribution in [3.8, 4) is 5.75 Å². The zero-order chi connectivity index (χ0) is 11.2. The fourth-order valence-electron chi connectivity index (χ4n) is 1.76. The lowest BCUT2D eigenvalue weighted by Gasteiger charge is -2.33. The van der Waals surface area contributed by atoms with Crippen molar-refractivity contribution in [2.45, 2.75) is 32.3 Å². The van der Waals surface area contributed by atoms with Crippen molar-refractivity contribution >= 4 is 17.3 Å². The fraction of sp³-hybridized carbons (Fsp3) is 0.455.